The first-order valence-electron chi connectivity index (χ1n) is 32.2. The molecule has 1 aliphatic heterocycles. The highest BCUT2D eigenvalue weighted by Gasteiger charge is 2.96. The fourth-order valence-electron chi connectivity index (χ4n) is 15.0. The molecule has 0 aromatic carbocycles. The van der Waals surface area contributed by atoms with Crippen molar-refractivity contribution >= 4 is 166 Å². The van der Waals surface area contributed by atoms with Crippen LogP contribution in [-0.2, 0) is 49.5 Å². The molecule has 0 radical (unpaired) electrons. The molecule has 5 atom stereocenters. The van der Waals surface area contributed by atoms with Crippen molar-refractivity contribution in [2.45, 2.75) is 320 Å². The van der Waals surface area contributed by atoms with Crippen LogP contribution in [-0.4, -0.2) is 163 Å². The second-order valence-corrected chi connectivity index (χ2v) is 119. The molecule has 15 nitrogen and oxygen atoms in total. The Bertz CT molecular complexity index is 2880. The first kappa shape index (κ1) is 83.0. The number of hydrogen-bond acceptors (Lipinski definition) is 14. The Labute approximate surface area is 550 Å². The number of ether oxygens (including phenoxy) is 1. The molecule has 0 amide bonds. The summed E-state index contributed by atoms with van der Waals surface area (Å²) in [5.41, 5.74) is 3.52. The normalized spacial score (nSPS) is 23.9. The number of anilines is 1. The summed E-state index contributed by atoms with van der Waals surface area (Å²) in [7, 11) is -53.5. The topological polar surface area (TPSA) is 155 Å². The summed E-state index contributed by atoms with van der Waals surface area (Å²) in [6.45, 7) is 106. The Morgan fingerprint density at radius 3 is 1.06 bits per heavy atom. The summed E-state index contributed by atoms with van der Waals surface area (Å²) in [5, 5.41) is -5.47. The lowest BCUT2D eigenvalue weighted by Crippen LogP contribution is -2.96. The van der Waals surface area contributed by atoms with Crippen LogP contribution in [0, 0.1) is 0 Å². The monoisotopic (exact) mass is 1510 g/mol. The molecule has 32 heteroatoms. The SMILES string of the molecule is C[Si](C)(C)O[C@]1([Si](C)(C)C)[C@@](O[Si](C)(C)C)([Si](C)(C)C)[C@](C(OP(=O)(O[Si](C)(C)C)OP(=O)(O[Si](C)(C)C)O[Si](C)(C)C)([Si](C)(C)C)[Si](C)(C)C)([Si](C)(C)C)O[C@]1(n1c([Si](C)(C)C)nc2c(N([Si](C)(C)C)[Si](C)(C)C)nc([Si](C)(C)C)nc21)[Si](C)(C)C. The molecule has 3 rings (SSSR count). The van der Waals surface area contributed by atoms with E-state index in [4.69, 9.17) is 45.3 Å². The lowest BCUT2D eigenvalue weighted by molar-refractivity contribution is -0.142. The van der Waals surface area contributed by atoms with Crippen molar-refractivity contribution < 1.29 is 44.2 Å². The zero-order valence-corrected chi connectivity index (χ0v) is 81.5. The molecule has 1 unspecified atom stereocenters. The zero-order chi connectivity index (χ0) is 69.8. The lowest BCUT2D eigenvalue weighted by atomic mass is 10.1. The molecule has 510 valence electrons. The average Bonchev–Trinajstić information content (AvgIpc) is 3.63. The number of rotatable bonds is 27. The molecular formula is C55H135N5O10P2Si15. The Morgan fingerprint density at radius 1 is 0.425 bits per heavy atom. The smallest absolute Gasteiger partial charge is 0.410 e. The van der Waals surface area contributed by atoms with Crippen LogP contribution in [0.3, 0.4) is 0 Å². The number of hydrogen-bond donors (Lipinski definition) is 0. The van der Waals surface area contributed by atoms with Crippen LogP contribution in [0.1, 0.15) is 0 Å². The van der Waals surface area contributed by atoms with Gasteiger partial charge in [0.25, 0.3) is 0 Å². The third-order valence-electron chi connectivity index (χ3n) is 15.8. The quantitative estimate of drug-likeness (QED) is 0.0615. The maximum absolute atomic E-state index is 17.8. The zero-order valence-electron chi connectivity index (χ0n) is 64.7. The first-order valence-corrected chi connectivity index (χ1v) is 87.0. The molecule has 2 aromatic rings. The highest BCUT2D eigenvalue weighted by molar-refractivity contribution is 7.64. The molecule has 0 aliphatic carbocycles. The van der Waals surface area contributed by atoms with Crippen LogP contribution in [0.15, 0.2) is 0 Å². The van der Waals surface area contributed by atoms with Crippen molar-refractivity contribution in [3.63, 3.8) is 0 Å². The van der Waals surface area contributed by atoms with Crippen LogP contribution >= 0.6 is 15.6 Å². The van der Waals surface area contributed by atoms with Gasteiger partial charge in [0.15, 0.2) is 52.6 Å². The van der Waals surface area contributed by atoms with Gasteiger partial charge in [-0.15, -0.1) is 0 Å². The largest absolute Gasteiger partial charge is 0.473 e. The van der Waals surface area contributed by atoms with Gasteiger partial charge in [-0.25, -0.2) is 24.1 Å². The molecule has 1 fully saturated rings. The minimum atomic E-state index is -5.15. The molecule has 3 heterocycles. The lowest BCUT2D eigenvalue weighted by Gasteiger charge is -2.73. The van der Waals surface area contributed by atoms with Gasteiger partial charge >= 0.3 is 15.6 Å². The summed E-state index contributed by atoms with van der Waals surface area (Å²) < 4.78 is 104. The van der Waals surface area contributed by atoms with Crippen LogP contribution in [0.25, 0.3) is 11.2 Å². The maximum atomic E-state index is 17.8. The minimum Gasteiger partial charge on any atom is -0.410 e. The molecule has 1 saturated heterocycles. The molecule has 0 bridgehead atoms. The second-order valence-electron chi connectivity index (χ2n) is 40.6. The number of aromatic nitrogens is 4. The van der Waals surface area contributed by atoms with Crippen molar-refractivity contribution in [2.75, 3.05) is 4.23 Å². The van der Waals surface area contributed by atoms with Gasteiger partial charge < -0.3 is 30.5 Å². The standard InChI is InChI=1S/C55H135N5O10P2Si15/c1-73(2,3)49-57-47-46(48(58-49)60(81(25,26)27)82(28,29)30)56-50(74(4,5)6)59(47)54(78(16,17)18)52(76(10,11)12,66-84(34,35)36)51(75(7,8)9,65-83(31,32)33)53(63-54,77(13,14)15)55(79(19,20)21,80(22,23)24)64-71(61,68-85(37,38)39)67-72(62,69-86(40,41)42)70-87(43,44)45/h1-45H3/t51-,52+,53-,54+,71?/m1/s1. The fourth-order valence-corrected chi connectivity index (χ4v) is 82.5. The van der Waals surface area contributed by atoms with E-state index < -0.39 is 164 Å². The van der Waals surface area contributed by atoms with Gasteiger partial charge in [-0.1, -0.05) is 196 Å². The van der Waals surface area contributed by atoms with Crippen molar-refractivity contribution in [1.29, 1.82) is 0 Å². The first-order chi connectivity index (χ1) is 37.2. The van der Waals surface area contributed by atoms with Gasteiger partial charge in [-0.3, -0.25) is 9.09 Å². The number of fused-ring (bicyclic) bond motifs is 1. The van der Waals surface area contributed by atoms with E-state index in [-0.39, 0.29) is 0 Å². The van der Waals surface area contributed by atoms with Gasteiger partial charge in [0, 0.05) is 0 Å². The summed E-state index contributed by atoms with van der Waals surface area (Å²) in [4.78, 5) is 16.7. The van der Waals surface area contributed by atoms with Crippen LogP contribution in [0.2, 0.25) is 295 Å². The van der Waals surface area contributed by atoms with Gasteiger partial charge in [0.1, 0.15) is 73.1 Å². The molecule has 0 saturated carbocycles. The summed E-state index contributed by atoms with van der Waals surface area (Å²) in [5.74, 6) is 0.947. The van der Waals surface area contributed by atoms with E-state index in [1.807, 2.05) is 58.9 Å². The van der Waals surface area contributed by atoms with E-state index in [1.54, 1.807) is 0 Å². The maximum Gasteiger partial charge on any atom is 0.473 e. The average molecular weight is 1510 g/mol. The van der Waals surface area contributed by atoms with Gasteiger partial charge in [0.2, 0.25) is 0 Å². The highest BCUT2D eigenvalue weighted by Crippen LogP contribution is 2.78. The third-order valence-corrected chi connectivity index (χ3v) is 62.4. The number of phosphoric acid groups is 2. The van der Waals surface area contributed by atoms with E-state index >= 15 is 9.13 Å². The Morgan fingerprint density at radius 2 is 0.782 bits per heavy atom. The number of nitrogens with zero attached hydrogens (tertiary/aromatic N) is 5. The molecule has 0 spiro atoms. The predicted octanol–water partition coefficient (Wildman–Crippen LogP) is 18.8. The van der Waals surface area contributed by atoms with Crippen molar-refractivity contribution in [1.82, 2.24) is 19.5 Å². The molecule has 1 aliphatic rings. The van der Waals surface area contributed by atoms with E-state index in [2.05, 4.69) is 244 Å². The Kier molecular flexibility index (Phi) is 22.9. The Balaban J connectivity index is 3.55. The van der Waals surface area contributed by atoms with E-state index in [0.717, 1.165) is 27.9 Å². The molecule has 2 aromatic heterocycles. The van der Waals surface area contributed by atoms with Gasteiger partial charge in [-0.05, 0) is 98.2 Å². The minimum absolute atomic E-state index is 0.806. The van der Waals surface area contributed by atoms with Gasteiger partial charge in [-0.2, -0.15) is 4.31 Å². The Hall–Kier alpha value is 1.74. The van der Waals surface area contributed by atoms with E-state index in [1.165, 1.54) is 0 Å². The van der Waals surface area contributed by atoms with Crippen molar-refractivity contribution in [3.05, 3.63) is 0 Å². The van der Waals surface area contributed by atoms with Gasteiger partial charge in [0.05, 0.1) is 50.7 Å². The third kappa shape index (κ3) is 15.8. The van der Waals surface area contributed by atoms with E-state index in [9.17, 15) is 4.74 Å². The van der Waals surface area contributed by atoms with Crippen molar-refractivity contribution in [3.8, 4) is 0 Å². The van der Waals surface area contributed by atoms with Crippen LogP contribution < -0.4 is 15.1 Å². The second kappa shape index (κ2) is 24.0. The van der Waals surface area contributed by atoms with Crippen molar-refractivity contribution in [2.24, 2.45) is 0 Å². The predicted molar refractivity (Wildman–Crippen MR) is 420 cm³/mol. The molecule has 87 heavy (non-hydrogen) atoms. The summed E-state index contributed by atoms with van der Waals surface area (Å²) >= 11 is 0. The number of imidazole rings is 1. The molecule has 0 N–H and O–H groups in total. The highest BCUT2D eigenvalue weighted by atomic mass is 31.3. The van der Waals surface area contributed by atoms with Crippen LogP contribution in [0.4, 0.5) is 5.82 Å². The molecular weight excluding hydrogens is 1370 g/mol. The van der Waals surface area contributed by atoms with E-state index in [0.29, 0.717) is 0 Å². The summed E-state index contributed by atoms with van der Waals surface area (Å²) in [6, 6.07) is 0. The summed E-state index contributed by atoms with van der Waals surface area (Å²) in [6.07, 6.45) is 0. The van der Waals surface area contributed by atoms with Crippen LogP contribution in [0.5, 0.6) is 0 Å². The fraction of sp³-hybridized carbons (Fsp3) is 0.909.